The van der Waals surface area contributed by atoms with Crippen LogP contribution in [0.3, 0.4) is 0 Å². The van der Waals surface area contributed by atoms with Crippen LogP contribution in [0, 0.1) is 6.92 Å². The fourth-order valence-electron chi connectivity index (χ4n) is 2.30. The number of aryl methyl sites for hydroxylation is 1. The number of carbonyl (C=O) groups is 2. The van der Waals surface area contributed by atoms with Gasteiger partial charge in [-0.25, -0.2) is 4.98 Å². The highest BCUT2D eigenvalue weighted by Gasteiger charge is 2.10. The third-order valence-electron chi connectivity index (χ3n) is 3.66. The average Bonchev–Trinajstić information content (AvgIpc) is 3.11. The molecule has 0 aliphatic heterocycles. The van der Waals surface area contributed by atoms with Crippen molar-refractivity contribution in [3.05, 3.63) is 70.2 Å². The molecule has 0 atom stereocenters. The van der Waals surface area contributed by atoms with Crippen LogP contribution in [0.25, 0.3) is 0 Å². The quantitative estimate of drug-likeness (QED) is 0.515. The molecule has 0 bridgehead atoms. The van der Waals surface area contributed by atoms with E-state index in [0.717, 1.165) is 15.6 Å². The van der Waals surface area contributed by atoms with Crippen LogP contribution in [-0.4, -0.2) is 22.6 Å². The van der Waals surface area contributed by atoms with Crippen LogP contribution >= 0.6 is 34.7 Å². The zero-order valence-electron chi connectivity index (χ0n) is 15.1. The molecule has 1 aromatic heterocycles. The molecule has 8 heteroatoms. The lowest BCUT2D eigenvalue weighted by Crippen LogP contribution is -2.14. The average molecular weight is 432 g/mol. The Morgan fingerprint density at radius 1 is 1.00 bits per heavy atom. The highest BCUT2D eigenvalue weighted by atomic mass is 35.5. The van der Waals surface area contributed by atoms with Gasteiger partial charge in [0.15, 0.2) is 4.34 Å². The molecule has 0 unspecified atom stereocenters. The van der Waals surface area contributed by atoms with Crippen molar-refractivity contribution in [2.45, 2.75) is 17.7 Å². The summed E-state index contributed by atoms with van der Waals surface area (Å²) >= 11 is 8.61. The number of amides is 2. The van der Waals surface area contributed by atoms with Crippen molar-refractivity contribution in [1.29, 1.82) is 0 Å². The molecule has 0 fully saturated rings. The summed E-state index contributed by atoms with van der Waals surface area (Å²) < 4.78 is 0.758. The molecule has 0 aliphatic carbocycles. The van der Waals surface area contributed by atoms with E-state index in [1.165, 1.54) is 23.1 Å². The first kappa shape index (κ1) is 20.4. The van der Waals surface area contributed by atoms with Crippen molar-refractivity contribution >= 4 is 57.9 Å². The molecule has 3 rings (SSSR count). The van der Waals surface area contributed by atoms with Gasteiger partial charge in [-0.3, -0.25) is 9.59 Å². The van der Waals surface area contributed by atoms with Crippen LogP contribution in [0.1, 0.15) is 11.3 Å². The minimum atomic E-state index is -0.152. The molecule has 0 radical (unpaired) electrons. The van der Waals surface area contributed by atoms with Gasteiger partial charge in [-0.1, -0.05) is 41.1 Å². The first-order chi connectivity index (χ1) is 13.5. The van der Waals surface area contributed by atoms with Gasteiger partial charge in [-0.05, 0) is 43.3 Å². The Bertz CT molecular complexity index is 956. The molecular weight excluding hydrogens is 414 g/mol. The summed E-state index contributed by atoms with van der Waals surface area (Å²) in [5.41, 5.74) is 3.28. The lowest BCUT2D eigenvalue weighted by molar-refractivity contribution is -0.116. The summed E-state index contributed by atoms with van der Waals surface area (Å²) in [6.45, 7) is 2.00. The minimum Gasteiger partial charge on any atom is -0.326 e. The Balaban J connectivity index is 1.45. The maximum absolute atomic E-state index is 12.1. The largest absolute Gasteiger partial charge is 0.326 e. The van der Waals surface area contributed by atoms with Gasteiger partial charge >= 0.3 is 0 Å². The van der Waals surface area contributed by atoms with Crippen molar-refractivity contribution in [3.63, 3.8) is 0 Å². The van der Waals surface area contributed by atoms with Crippen LogP contribution < -0.4 is 10.6 Å². The Morgan fingerprint density at radius 2 is 1.61 bits per heavy atom. The van der Waals surface area contributed by atoms with Gasteiger partial charge in [0.2, 0.25) is 11.8 Å². The smallest absolute Gasteiger partial charge is 0.234 e. The van der Waals surface area contributed by atoms with E-state index >= 15 is 0 Å². The van der Waals surface area contributed by atoms with Gasteiger partial charge in [0.05, 0.1) is 17.9 Å². The molecule has 0 spiro atoms. The lowest BCUT2D eigenvalue weighted by atomic mass is 10.2. The predicted octanol–water partition coefficient (Wildman–Crippen LogP) is 5.02. The number of halogens is 1. The summed E-state index contributed by atoms with van der Waals surface area (Å²) in [5.74, 6) is 0.0185. The lowest BCUT2D eigenvalue weighted by Gasteiger charge is -2.04. The van der Waals surface area contributed by atoms with Crippen molar-refractivity contribution in [1.82, 2.24) is 4.98 Å². The molecule has 3 aromatic rings. The predicted molar refractivity (Wildman–Crippen MR) is 116 cm³/mol. The molecule has 144 valence electrons. The summed E-state index contributed by atoms with van der Waals surface area (Å²) in [7, 11) is 0. The maximum Gasteiger partial charge on any atom is 0.234 e. The first-order valence-corrected chi connectivity index (χ1v) is 10.7. The SMILES string of the molecule is Cc1ccc(NC(=O)CSc2nc(CC(=O)Nc3ccc(Cl)cc3)cs2)cc1. The summed E-state index contributed by atoms with van der Waals surface area (Å²) in [6, 6.07) is 14.6. The van der Waals surface area contributed by atoms with E-state index in [1.807, 2.05) is 36.6 Å². The number of aromatic nitrogens is 1. The molecule has 1 heterocycles. The molecule has 5 nitrogen and oxygen atoms in total. The van der Waals surface area contributed by atoms with E-state index in [9.17, 15) is 9.59 Å². The Hall–Kier alpha value is -2.35. The molecule has 0 saturated carbocycles. The number of anilines is 2. The number of nitrogens with zero attached hydrogens (tertiary/aromatic N) is 1. The fraction of sp³-hybridized carbons (Fsp3) is 0.150. The van der Waals surface area contributed by atoms with Crippen molar-refractivity contribution in [2.24, 2.45) is 0 Å². The van der Waals surface area contributed by atoms with Crippen LogP contribution in [-0.2, 0) is 16.0 Å². The van der Waals surface area contributed by atoms with E-state index < -0.39 is 0 Å². The highest BCUT2D eigenvalue weighted by molar-refractivity contribution is 8.01. The van der Waals surface area contributed by atoms with E-state index in [4.69, 9.17) is 11.6 Å². The number of nitrogens with one attached hydrogen (secondary N) is 2. The fourth-order valence-corrected chi connectivity index (χ4v) is 4.07. The maximum atomic E-state index is 12.1. The summed E-state index contributed by atoms with van der Waals surface area (Å²) in [4.78, 5) is 28.6. The first-order valence-electron chi connectivity index (χ1n) is 8.47. The second kappa shape index (κ2) is 9.73. The monoisotopic (exact) mass is 431 g/mol. The van der Waals surface area contributed by atoms with Crippen molar-refractivity contribution in [2.75, 3.05) is 16.4 Å². The van der Waals surface area contributed by atoms with Crippen LogP contribution in [0.2, 0.25) is 5.02 Å². The molecule has 2 aromatic carbocycles. The number of benzene rings is 2. The zero-order chi connectivity index (χ0) is 19.9. The van der Waals surface area contributed by atoms with Gasteiger partial charge in [0, 0.05) is 21.8 Å². The number of hydrogen-bond donors (Lipinski definition) is 2. The molecule has 0 saturated heterocycles. The molecule has 28 heavy (non-hydrogen) atoms. The number of carbonyl (C=O) groups excluding carboxylic acids is 2. The number of thioether (sulfide) groups is 1. The van der Waals surface area contributed by atoms with E-state index in [-0.39, 0.29) is 24.0 Å². The van der Waals surface area contributed by atoms with Gasteiger partial charge in [0.1, 0.15) is 0 Å². The van der Waals surface area contributed by atoms with Gasteiger partial charge < -0.3 is 10.6 Å². The molecule has 0 aliphatic rings. The Kier molecular flexibility index (Phi) is 7.08. The van der Waals surface area contributed by atoms with E-state index in [1.54, 1.807) is 24.3 Å². The zero-order valence-corrected chi connectivity index (χ0v) is 17.5. The van der Waals surface area contributed by atoms with Crippen molar-refractivity contribution in [3.8, 4) is 0 Å². The van der Waals surface area contributed by atoms with Crippen LogP contribution in [0.5, 0.6) is 0 Å². The van der Waals surface area contributed by atoms with Crippen LogP contribution in [0.15, 0.2) is 58.3 Å². The highest BCUT2D eigenvalue weighted by Crippen LogP contribution is 2.23. The second-order valence-corrected chi connectivity index (χ2v) is 8.56. The van der Waals surface area contributed by atoms with Crippen molar-refractivity contribution < 1.29 is 9.59 Å². The Labute approximate surface area is 176 Å². The van der Waals surface area contributed by atoms with Gasteiger partial charge in [0.25, 0.3) is 0 Å². The topological polar surface area (TPSA) is 71.1 Å². The minimum absolute atomic E-state index is 0.0916. The third-order valence-corrected chi connectivity index (χ3v) is 5.98. The number of rotatable bonds is 7. The van der Waals surface area contributed by atoms with Crippen LogP contribution in [0.4, 0.5) is 11.4 Å². The summed E-state index contributed by atoms with van der Waals surface area (Å²) in [5, 5.41) is 8.11. The van der Waals surface area contributed by atoms with Gasteiger partial charge in [-0.2, -0.15) is 0 Å². The van der Waals surface area contributed by atoms with E-state index in [0.29, 0.717) is 16.4 Å². The number of hydrogen-bond acceptors (Lipinski definition) is 5. The Morgan fingerprint density at radius 3 is 2.29 bits per heavy atom. The molecular formula is C20H18ClN3O2S2. The normalized spacial score (nSPS) is 10.5. The summed E-state index contributed by atoms with van der Waals surface area (Å²) in [6.07, 6.45) is 0.176. The van der Waals surface area contributed by atoms with E-state index in [2.05, 4.69) is 15.6 Å². The number of thiazole rings is 1. The standard InChI is InChI=1S/C20H18ClN3O2S2/c1-13-2-6-15(7-3-13)23-19(26)12-28-20-24-17(11-27-20)10-18(25)22-16-8-4-14(21)5-9-16/h2-9,11H,10,12H2,1H3,(H,22,25)(H,23,26). The molecule has 2 amide bonds. The van der Waals surface area contributed by atoms with Gasteiger partial charge in [-0.15, -0.1) is 11.3 Å². The second-order valence-electron chi connectivity index (χ2n) is 6.04. The third kappa shape index (κ3) is 6.37. The molecule has 2 N–H and O–H groups in total.